The first-order chi connectivity index (χ1) is 10.1. The lowest BCUT2D eigenvalue weighted by Crippen LogP contribution is -2.50. The molecule has 0 radical (unpaired) electrons. The summed E-state index contributed by atoms with van der Waals surface area (Å²) in [7, 11) is 0. The van der Waals surface area contributed by atoms with E-state index in [1.165, 1.54) is 0 Å². The zero-order chi connectivity index (χ0) is 15.2. The molecule has 6 heteroatoms. The van der Waals surface area contributed by atoms with E-state index in [-0.39, 0.29) is 24.7 Å². The van der Waals surface area contributed by atoms with Crippen molar-refractivity contribution < 1.29 is 14.6 Å². The molecule has 0 spiro atoms. The molecule has 6 nitrogen and oxygen atoms in total. The van der Waals surface area contributed by atoms with Gasteiger partial charge < -0.3 is 20.1 Å². The largest absolute Gasteiger partial charge is 0.394 e. The maximum atomic E-state index is 12.4. The molecule has 1 amide bonds. The maximum Gasteiger partial charge on any atom is 0.272 e. The van der Waals surface area contributed by atoms with E-state index in [4.69, 9.17) is 4.74 Å². The number of pyridine rings is 1. The third-order valence-electron chi connectivity index (χ3n) is 3.38. The number of nitrogens with zero attached hydrogens (tertiary/aromatic N) is 2. The lowest BCUT2D eigenvalue weighted by molar-refractivity contribution is -0.0859. The number of anilines is 1. The summed E-state index contributed by atoms with van der Waals surface area (Å²) in [5.41, 5.74) is 1.33. The van der Waals surface area contributed by atoms with Crippen LogP contribution in [-0.4, -0.2) is 59.3 Å². The summed E-state index contributed by atoms with van der Waals surface area (Å²) >= 11 is 0. The molecular formula is C15H23N3O3. The normalized spacial score (nSPS) is 22.1. The smallest absolute Gasteiger partial charge is 0.272 e. The molecule has 1 fully saturated rings. The second-order valence-corrected chi connectivity index (χ2v) is 5.32. The highest BCUT2D eigenvalue weighted by Crippen LogP contribution is 2.14. The van der Waals surface area contributed by atoms with Crippen molar-refractivity contribution in [1.29, 1.82) is 0 Å². The van der Waals surface area contributed by atoms with Gasteiger partial charge in [0.1, 0.15) is 5.69 Å². The fraction of sp³-hybridized carbons (Fsp3) is 0.600. The molecule has 2 heterocycles. The second-order valence-electron chi connectivity index (χ2n) is 5.32. The summed E-state index contributed by atoms with van der Waals surface area (Å²) in [4.78, 5) is 18.4. The van der Waals surface area contributed by atoms with Crippen molar-refractivity contribution in [2.75, 3.05) is 31.6 Å². The fourth-order valence-electron chi connectivity index (χ4n) is 2.37. The van der Waals surface area contributed by atoms with Crippen LogP contribution in [0.15, 0.2) is 18.3 Å². The zero-order valence-electron chi connectivity index (χ0n) is 12.6. The molecule has 1 aliphatic rings. The van der Waals surface area contributed by atoms with E-state index in [1.807, 2.05) is 13.0 Å². The van der Waals surface area contributed by atoms with Gasteiger partial charge in [0.05, 0.1) is 30.7 Å². The molecule has 1 aliphatic heterocycles. The predicted molar refractivity (Wildman–Crippen MR) is 80.3 cm³/mol. The number of hydrogen-bond donors (Lipinski definition) is 2. The molecule has 1 saturated heterocycles. The van der Waals surface area contributed by atoms with Crippen LogP contribution in [0, 0.1) is 0 Å². The van der Waals surface area contributed by atoms with E-state index in [0.29, 0.717) is 18.8 Å². The number of aliphatic hydroxyl groups excluding tert-OH is 1. The Bertz CT molecular complexity index is 464. The van der Waals surface area contributed by atoms with Crippen molar-refractivity contribution in [1.82, 2.24) is 9.88 Å². The second kappa shape index (κ2) is 7.38. The lowest BCUT2D eigenvalue weighted by Gasteiger charge is -2.35. The van der Waals surface area contributed by atoms with Crippen LogP contribution in [-0.2, 0) is 4.74 Å². The highest BCUT2D eigenvalue weighted by molar-refractivity contribution is 5.92. The van der Waals surface area contributed by atoms with Gasteiger partial charge in [-0.3, -0.25) is 4.79 Å². The molecule has 21 heavy (non-hydrogen) atoms. The molecule has 0 bridgehead atoms. The van der Waals surface area contributed by atoms with Crippen molar-refractivity contribution in [2.45, 2.75) is 32.5 Å². The fourth-order valence-corrected chi connectivity index (χ4v) is 2.37. The first kappa shape index (κ1) is 15.7. The minimum absolute atomic E-state index is 0.0784. The van der Waals surface area contributed by atoms with Gasteiger partial charge in [-0.25, -0.2) is 4.98 Å². The van der Waals surface area contributed by atoms with Crippen LogP contribution >= 0.6 is 0 Å². The summed E-state index contributed by atoms with van der Waals surface area (Å²) in [6, 6.07) is 3.59. The number of carbonyl (C=O) groups is 1. The molecular weight excluding hydrogens is 270 g/mol. The molecule has 0 aliphatic carbocycles. The molecule has 2 rings (SSSR count). The molecule has 0 saturated carbocycles. The van der Waals surface area contributed by atoms with Crippen LogP contribution in [0.4, 0.5) is 5.69 Å². The van der Waals surface area contributed by atoms with E-state index in [0.717, 1.165) is 18.7 Å². The highest BCUT2D eigenvalue weighted by atomic mass is 16.5. The number of nitrogens with one attached hydrogen (secondary N) is 1. The quantitative estimate of drug-likeness (QED) is 0.851. The summed E-state index contributed by atoms with van der Waals surface area (Å²) in [6.45, 7) is 5.71. The SMILES string of the molecule is CCCNc1ccc(C(=O)N2CC(C)OC(CO)C2)nc1. The number of hydrogen-bond acceptors (Lipinski definition) is 5. The number of amides is 1. The Balaban J connectivity index is 2.01. The van der Waals surface area contributed by atoms with Gasteiger partial charge in [-0.05, 0) is 25.5 Å². The highest BCUT2D eigenvalue weighted by Gasteiger charge is 2.29. The van der Waals surface area contributed by atoms with Gasteiger partial charge in [0, 0.05) is 19.6 Å². The van der Waals surface area contributed by atoms with Crippen LogP contribution in [0.1, 0.15) is 30.8 Å². The summed E-state index contributed by atoms with van der Waals surface area (Å²) in [5.74, 6) is -0.120. The van der Waals surface area contributed by atoms with Crippen molar-refractivity contribution in [3.63, 3.8) is 0 Å². The van der Waals surface area contributed by atoms with Crippen LogP contribution in [0.25, 0.3) is 0 Å². The molecule has 2 unspecified atom stereocenters. The number of ether oxygens (including phenoxy) is 1. The van der Waals surface area contributed by atoms with Gasteiger partial charge in [0.15, 0.2) is 0 Å². The molecule has 1 aromatic heterocycles. The number of rotatable bonds is 5. The van der Waals surface area contributed by atoms with Crippen LogP contribution in [0.3, 0.4) is 0 Å². The number of carbonyl (C=O) groups excluding carboxylic acids is 1. The predicted octanol–water partition coefficient (Wildman–Crippen LogP) is 1.13. The Hall–Kier alpha value is -1.66. The first-order valence-corrected chi connectivity index (χ1v) is 7.39. The van der Waals surface area contributed by atoms with E-state index in [1.54, 1.807) is 17.2 Å². The Morgan fingerprint density at radius 3 is 2.95 bits per heavy atom. The van der Waals surface area contributed by atoms with E-state index < -0.39 is 0 Å². The summed E-state index contributed by atoms with van der Waals surface area (Å²) < 4.78 is 5.54. The maximum absolute atomic E-state index is 12.4. The monoisotopic (exact) mass is 293 g/mol. The minimum Gasteiger partial charge on any atom is -0.394 e. The van der Waals surface area contributed by atoms with Gasteiger partial charge in [-0.15, -0.1) is 0 Å². The standard InChI is InChI=1S/C15H23N3O3/c1-3-6-16-12-4-5-14(17-7-12)15(20)18-8-11(2)21-13(9-18)10-19/h4-5,7,11,13,16,19H,3,6,8-10H2,1-2H3. The average molecular weight is 293 g/mol. The van der Waals surface area contributed by atoms with Crippen molar-refractivity contribution in [3.8, 4) is 0 Å². The molecule has 116 valence electrons. The van der Waals surface area contributed by atoms with Crippen LogP contribution in [0.2, 0.25) is 0 Å². The van der Waals surface area contributed by atoms with Gasteiger partial charge in [0.25, 0.3) is 5.91 Å². The Morgan fingerprint density at radius 1 is 1.52 bits per heavy atom. The van der Waals surface area contributed by atoms with Crippen LogP contribution < -0.4 is 5.32 Å². The number of aliphatic hydroxyl groups is 1. The minimum atomic E-state index is -0.316. The number of aromatic nitrogens is 1. The Labute approximate surface area is 125 Å². The zero-order valence-corrected chi connectivity index (χ0v) is 12.6. The van der Waals surface area contributed by atoms with E-state index in [9.17, 15) is 9.90 Å². The molecule has 2 atom stereocenters. The van der Waals surface area contributed by atoms with E-state index >= 15 is 0 Å². The summed E-state index contributed by atoms with van der Waals surface area (Å²) in [6.07, 6.45) is 2.32. The van der Waals surface area contributed by atoms with Crippen molar-refractivity contribution >= 4 is 11.6 Å². The number of morpholine rings is 1. The van der Waals surface area contributed by atoms with Crippen molar-refractivity contribution in [2.24, 2.45) is 0 Å². The summed E-state index contributed by atoms with van der Waals surface area (Å²) in [5, 5.41) is 12.4. The molecule has 2 N–H and O–H groups in total. The Morgan fingerprint density at radius 2 is 2.33 bits per heavy atom. The molecule has 0 aromatic carbocycles. The topological polar surface area (TPSA) is 74.7 Å². The van der Waals surface area contributed by atoms with Gasteiger partial charge in [-0.1, -0.05) is 6.92 Å². The molecule has 1 aromatic rings. The third-order valence-corrected chi connectivity index (χ3v) is 3.38. The van der Waals surface area contributed by atoms with Crippen molar-refractivity contribution in [3.05, 3.63) is 24.0 Å². The van der Waals surface area contributed by atoms with E-state index in [2.05, 4.69) is 17.2 Å². The van der Waals surface area contributed by atoms with Gasteiger partial charge in [-0.2, -0.15) is 0 Å². The first-order valence-electron chi connectivity index (χ1n) is 7.39. The Kier molecular flexibility index (Phi) is 5.52. The third kappa shape index (κ3) is 4.15. The lowest BCUT2D eigenvalue weighted by atomic mass is 10.2. The van der Waals surface area contributed by atoms with Gasteiger partial charge >= 0.3 is 0 Å². The average Bonchev–Trinajstić information content (AvgIpc) is 2.52. The van der Waals surface area contributed by atoms with Gasteiger partial charge in [0.2, 0.25) is 0 Å². The van der Waals surface area contributed by atoms with Crippen LogP contribution in [0.5, 0.6) is 0 Å².